The van der Waals surface area contributed by atoms with Gasteiger partial charge in [0.15, 0.2) is 6.61 Å². The van der Waals surface area contributed by atoms with Crippen LogP contribution in [0.4, 0.5) is 10.8 Å². The van der Waals surface area contributed by atoms with Crippen molar-refractivity contribution in [3.05, 3.63) is 78.4 Å². The van der Waals surface area contributed by atoms with Gasteiger partial charge in [-0.3, -0.25) is 10.2 Å². The number of fused-ring (bicyclic) bond motifs is 1. The molecule has 0 fully saturated rings. The Labute approximate surface area is 183 Å². The molecule has 1 heterocycles. The number of aromatic nitrogens is 1. The zero-order valence-electron chi connectivity index (χ0n) is 16.7. The smallest absolute Gasteiger partial charge is 0.262 e. The van der Waals surface area contributed by atoms with E-state index in [0.717, 1.165) is 20.9 Å². The summed E-state index contributed by atoms with van der Waals surface area (Å²) in [5.74, 6) is 0.917. The van der Waals surface area contributed by atoms with Crippen molar-refractivity contribution in [2.45, 2.75) is 0 Å². The fraction of sp³-hybridized carbons (Fsp3) is 0.0870. The molecule has 0 atom stereocenters. The van der Waals surface area contributed by atoms with Crippen LogP contribution < -0.4 is 20.2 Å². The number of methoxy groups -OCH3 is 1. The number of nitrogens with one attached hydrogen (secondary N) is 2. The summed E-state index contributed by atoms with van der Waals surface area (Å²) in [5.41, 5.74) is 5.39. The first-order valence-corrected chi connectivity index (χ1v) is 10.3. The first-order chi connectivity index (χ1) is 15.2. The van der Waals surface area contributed by atoms with E-state index in [9.17, 15) is 4.79 Å². The van der Waals surface area contributed by atoms with Crippen molar-refractivity contribution >= 4 is 44.5 Å². The van der Waals surface area contributed by atoms with Crippen molar-refractivity contribution < 1.29 is 14.3 Å². The standard InChI is InChI=1S/C23H20N4O3S/c1-29-20-8-4-2-6-18(20)25-22(28)15-30-17-12-10-16(11-13-17)14-24-27-23-26-19-7-3-5-9-21(19)31-23/h2-14H,15H2,1H3,(H,25,28)(H,26,27)/b24-14+. The Morgan fingerprint density at radius 3 is 2.65 bits per heavy atom. The predicted octanol–water partition coefficient (Wildman–Crippen LogP) is 4.77. The van der Waals surface area contributed by atoms with Gasteiger partial charge in [0.1, 0.15) is 11.5 Å². The number of amides is 1. The number of benzene rings is 3. The minimum atomic E-state index is -0.268. The topological polar surface area (TPSA) is 84.8 Å². The number of hydrazone groups is 1. The van der Waals surface area contributed by atoms with Crippen molar-refractivity contribution in [2.24, 2.45) is 5.10 Å². The summed E-state index contributed by atoms with van der Waals surface area (Å²) in [4.78, 5) is 16.6. The average Bonchev–Trinajstić information content (AvgIpc) is 3.22. The van der Waals surface area contributed by atoms with E-state index in [1.807, 2.05) is 48.5 Å². The summed E-state index contributed by atoms with van der Waals surface area (Å²) < 4.78 is 11.9. The fourth-order valence-electron chi connectivity index (χ4n) is 2.82. The van der Waals surface area contributed by atoms with Crippen LogP contribution in [0.3, 0.4) is 0 Å². The van der Waals surface area contributed by atoms with Crippen LogP contribution in [0.25, 0.3) is 10.2 Å². The highest BCUT2D eigenvalue weighted by Crippen LogP contribution is 2.25. The summed E-state index contributed by atoms with van der Waals surface area (Å²) >= 11 is 1.55. The number of para-hydroxylation sites is 3. The summed E-state index contributed by atoms with van der Waals surface area (Å²) in [6.07, 6.45) is 1.70. The number of rotatable bonds is 8. The van der Waals surface area contributed by atoms with Crippen molar-refractivity contribution in [3.63, 3.8) is 0 Å². The summed E-state index contributed by atoms with van der Waals surface area (Å²) in [5, 5.41) is 7.74. The molecule has 0 spiro atoms. The second-order valence-corrected chi connectivity index (χ2v) is 7.49. The molecule has 0 unspecified atom stereocenters. The molecule has 2 N–H and O–H groups in total. The highest BCUT2D eigenvalue weighted by atomic mass is 32.1. The molecule has 1 aromatic heterocycles. The highest BCUT2D eigenvalue weighted by Gasteiger charge is 2.07. The molecular formula is C23H20N4O3S. The Morgan fingerprint density at radius 1 is 1.06 bits per heavy atom. The number of hydrogen-bond acceptors (Lipinski definition) is 7. The van der Waals surface area contributed by atoms with E-state index in [4.69, 9.17) is 9.47 Å². The maximum absolute atomic E-state index is 12.1. The first-order valence-electron chi connectivity index (χ1n) is 9.51. The number of anilines is 2. The van der Waals surface area contributed by atoms with Gasteiger partial charge in [0.05, 0.1) is 29.2 Å². The molecule has 0 saturated heterocycles. The van der Waals surface area contributed by atoms with E-state index < -0.39 is 0 Å². The van der Waals surface area contributed by atoms with Crippen LogP contribution in [-0.4, -0.2) is 30.8 Å². The largest absolute Gasteiger partial charge is 0.495 e. The molecule has 0 bridgehead atoms. The fourth-order valence-corrected chi connectivity index (χ4v) is 3.63. The first kappa shape index (κ1) is 20.4. The zero-order valence-corrected chi connectivity index (χ0v) is 17.6. The second-order valence-electron chi connectivity index (χ2n) is 6.46. The molecule has 3 aromatic carbocycles. The average molecular weight is 433 g/mol. The Kier molecular flexibility index (Phi) is 6.39. The van der Waals surface area contributed by atoms with Gasteiger partial charge >= 0.3 is 0 Å². The lowest BCUT2D eigenvalue weighted by atomic mass is 10.2. The molecule has 4 aromatic rings. The maximum Gasteiger partial charge on any atom is 0.262 e. The third kappa shape index (κ3) is 5.37. The van der Waals surface area contributed by atoms with Gasteiger partial charge in [-0.1, -0.05) is 35.6 Å². The van der Waals surface area contributed by atoms with Crippen molar-refractivity contribution in [1.29, 1.82) is 0 Å². The van der Waals surface area contributed by atoms with Gasteiger partial charge in [-0.05, 0) is 54.1 Å². The molecule has 0 aliphatic heterocycles. The SMILES string of the molecule is COc1ccccc1NC(=O)COc1ccc(/C=N/Nc2nc3ccccc3s2)cc1. The van der Waals surface area contributed by atoms with E-state index >= 15 is 0 Å². The second kappa shape index (κ2) is 9.73. The van der Waals surface area contributed by atoms with Gasteiger partial charge < -0.3 is 14.8 Å². The van der Waals surface area contributed by atoms with Crippen LogP contribution in [0.2, 0.25) is 0 Å². The minimum absolute atomic E-state index is 0.107. The van der Waals surface area contributed by atoms with E-state index in [-0.39, 0.29) is 12.5 Å². The van der Waals surface area contributed by atoms with Crippen molar-refractivity contribution in [3.8, 4) is 11.5 Å². The van der Waals surface area contributed by atoms with E-state index in [1.54, 1.807) is 48.9 Å². The molecule has 31 heavy (non-hydrogen) atoms. The molecule has 0 aliphatic carbocycles. The molecule has 0 radical (unpaired) electrons. The van der Waals surface area contributed by atoms with Crippen molar-refractivity contribution in [2.75, 3.05) is 24.5 Å². The van der Waals surface area contributed by atoms with Crippen LogP contribution in [0.1, 0.15) is 5.56 Å². The monoisotopic (exact) mass is 432 g/mol. The summed E-state index contributed by atoms with van der Waals surface area (Å²) in [6, 6.07) is 22.4. The Morgan fingerprint density at radius 2 is 1.84 bits per heavy atom. The molecule has 8 heteroatoms. The number of carbonyl (C=O) groups is 1. The molecule has 0 aliphatic rings. The van der Waals surface area contributed by atoms with Gasteiger partial charge in [0.2, 0.25) is 5.13 Å². The lowest BCUT2D eigenvalue weighted by Crippen LogP contribution is -2.20. The number of carbonyl (C=O) groups excluding carboxylic acids is 1. The summed E-state index contributed by atoms with van der Waals surface area (Å²) in [7, 11) is 1.56. The van der Waals surface area contributed by atoms with Gasteiger partial charge in [0, 0.05) is 0 Å². The maximum atomic E-state index is 12.1. The molecule has 7 nitrogen and oxygen atoms in total. The third-order valence-electron chi connectivity index (χ3n) is 4.30. The lowest BCUT2D eigenvalue weighted by Gasteiger charge is -2.10. The third-order valence-corrected chi connectivity index (χ3v) is 5.24. The lowest BCUT2D eigenvalue weighted by molar-refractivity contribution is -0.118. The number of thiazole rings is 1. The molecule has 0 saturated carbocycles. The predicted molar refractivity (Wildman–Crippen MR) is 124 cm³/mol. The normalized spacial score (nSPS) is 10.9. The van der Waals surface area contributed by atoms with E-state index in [0.29, 0.717) is 17.2 Å². The minimum Gasteiger partial charge on any atom is -0.495 e. The van der Waals surface area contributed by atoms with Crippen LogP contribution in [0, 0.1) is 0 Å². The Hall–Kier alpha value is -3.91. The number of hydrogen-bond donors (Lipinski definition) is 2. The van der Waals surface area contributed by atoms with Crippen LogP contribution >= 0.6 is 11.3 Å². The van der Waals surface area contributed by atoms with E-state index in [2.05, 4.69) is 20.8 Å². The number of ether oxygens (including phenoxy) is 2. The van der Waals surface area contributed by atoms with Gasteiger partial charge in [-0.25, -0.2) is 4.98 Å². The van der Waals surface area contributed by atoms with Gasteiger partial charge in [-0.2, -0.15) is 5.10 Å². The summed E-state index contributed by atoms with van der Waals surface area (Å²) in [6.45, 7) is -0.107. The quantitative estimate of drug-likeness (QED) is 0.310. The Bertz CT molecular complexity index is 1170. The van der Waals surface area contributed by atoms with Gasteiger partial charge in [0.25, 0.3) is 5.91 Å². The van der Waals surface area contributed by atoms with Gasteiger partial charge in [-0.15, -0.1) is 0 Å². The zero-order chi connectivity index (χ0) is 21.5. The van der Waals surface area contributed by atoms with Crippen LogP contribution in [-0.2, 0) is 4.79 Å². The van der Waals surface area contributed by atoms with Crippen LogP contribution in [0.15, 0.2) is 77.9 Å². The molecule has 156 valence electrons. The van der Waals surface area contributed by atoms with E-state index in [1.165, 1.54) is 0 Å². The van der Waals surface area contributed by atoms with Crippen LogP contribution in [0.5, 0.6) is 11.5 Å². The Balaban J connectivity index is 1.27. The molecule has 1 amide bonds. The highest BCUT2D eigenvalue weighted by molar-refractivity contribution is 7.22. The molecular weight excluding hydrogens is 412 g/mol. The molecule has 4 rings (SSSR count). The number of nitrogens with zero attached hydrogens (tertiary/aromatic N) is 2. The van der Waals surface area contributed by atoms with Crippen molar-refractivity contribution in [1.82, 2.24) is 4.98 Å².